The maximum Gasteiger partial charge on any atom is 0.269 e. The van der Waals surface area contributed by atoms with Crippen LogP contribution in [0.1, 0.15) is 16.7 Å². The number of carbonyl (C=O) groups excluding carboxylic acids is 1. The number of benzene rings is 4. The molecule has 0 aromatic heterocycles. The molecule has 11 heteroatoms. The average Bonchev–Trinajstić information content (AvgIpc) is 2.99. The van der Waals surface area contributed by atoms with Gasteiger partial charge in [0.15, 0.2) is 11.5 Å². The molecule has 4 aromatic rings. The number of amides is 1. The Balaban J connectivity index is 1.40. The van der Waals surface area contributed by atoms with Gasteiger partial charge in [-0.05, 0) is 99.4 Å². The van der Waals surface area contributed by atoms with Crippen molar-refractivity contribution in [3.8, 4) is 23.3 Å². The van der Waals surface area contributed by atoms with E-state index in [1.807, 2.05) is 18.2 Å². The average molecular weight is 649 g/mol. The number of carbonyl (C=O) groups is 1. The lowest BCUT2D eigenvalue weighted by Gasteiger charge is -2.14. The molecule has 0 aliphatic carbocycles. The molecule has 0 aliphatic heterocycles. The van der Waals surface area contributed by atoms with Crippen molar-refractivity contribution in [1.29, 1.82) is 5.26 Å². The minimum atomic E-state index is -0.582. The molecule has 0 saturated heterocycles. The zero-order valence-electron chi connectivity index (χ0n) is 22.2. The number of hydrogen-bond donors (Lipinski definition) is 1. The molecule has 0 unspecified atom stereocenters. The molecule has 0 heterocycles. The number of nitro groups is 1. The first-order valence-electron chi connectivity index (χ1n) is 12.4. The second kappa shape index (κ2) is 14.2. The molecule has 42 heavy (non-hydrogen) atoms. The van der Waals surface area contributed by atoms with Gasteiger partial charge in [0.25, 0.3) is 11.6 Å². The van der Waals surface area contributed by atoms with Crippen molar-refractivity contribution in [2.24, 2.45) is 0 Å². The molecule has 4 aromatic carbocycles. The molecule has 0 saturated carbocycles. The van der Waals surface area contributed by atoms with Crippen molar-refractivity contribution in [2.45, 2.75) is 13.2 Å². The Labute approximate surface area is 255 Å². The number of methoxy groups -OCH3 is 1. The van der Waals surface area contributed by atoms with Crippen molar-refractivity contribution in [3.05, 3.63) is 127 Å². The molecule has 4 rings (SSSR count). The Morgan fingerprint density at radius 2 is 1.62 bits per heavy atom. The Morgan fingerprint density at radius 1 is 1.00 bits per heavy atom. The maximum atomic E-state index is 12.8. The Hall–Kier alpha value is -4.85. The molecular weight excluding hydrogens is 626 g/mol. The summed E-state index contributed by atoms with van der Waals surface area (Å²) < 4.78 is 17.7. The summed E-state index contributed by atoms with van der Waals surface area (Å²) in [5.74, 6) is 0.798. The fraction of sp³-hybridized carbons (Fsp3) is 0.0968. The smallest absolute Gasteiger partial charge is 0.269 e. The van der Waals surface area contributed by atoms with Crippen molar-refractivity contribution >= 4 is 50.9 Å². The lowest BCUT2D eigenvalue weighted by Crippen LogP contribution is -2.13. The molecular formula is C31H23BrClN3O6. The van der Waals surface area contributed by atoms with E-state index in [0.717, 1.165) is 11.1 Å². The first kappa shape index (κ1) is 30.1. The highest BCUT2D eigenvalue weighted by atomic mass is 79.9. The number of non-ortho nitro benzene ring substituents is 1. The van der Waals surface area contributed by atoms with Crippen LogP contribution in [0.4, 0.5) is 11.4 Å². The van der Waals surface area contributed by atoms with Gasteiger partial charge in [-0.2, -0.15) is 5.26 Å². The highest BCUT2D eigenvalue weighted by molar-refractivity contribution is 9.10. The number of ether oxygens (including phenoxy) is 3. The molecule has 1 N–H and O–H groups in total. The van der Waals surface area contributed by atoms with Gasteiger partial charge in [-0.25, -0.2) is 0 Å². The van der Waals surface area contributed by atoms with E-state index in [1.165, 1.54) is 25.3 Å². The number of anilines is 1. The second-order valence-corrected chi connectivity index (χ2v) is 10.1. The number of nitro benzene ring substituents is 1. The van der Waals surface area contributed by atoms with Crippen LogP contribution in [0.3, 0.4) is 0 Å². The quantitative estimate of drug-likeness (QED) is 0.0764. The van der Waals surface area contributed by atoms with Gasteiger partial charge in [0.1, 0.15) is 30.6 Å². The maximum absolute atomic E-state index is 12.8. The topological polar surface area (TPSA) is 124 Å². The van der Waals surface area contributed by atoms with E-state index in [2.05, 4.69) is 21.2 Å². The van der Waals surface area contributed by atoms with Gasteiger partial charge in [-0.15, -0.1) is 0 Å². The number of hydrogen-bond acceptors (Lipinski definition) is 7. The number of rotatable bonds is 11. The predicted molar refractivity (Wildman–Crippen MR) is 163 cm³/mol. The summed E-state index contributed by atoms with van der Waals surface area (Å²) in [6.07, 6.45) is 1.44. The minimum absolute atomic E-state index is 0.0118. The number of halogens is 2. The standard InChI is InChI=1S/C31H23BrClN3O6/c1-40-29-16-22(15-28(32)30(29)42-19-21-4-10-26(11-5-21)36(38)39)14-23(17-34)31(37)35-25-8-12-27(13-9-25)41-18-20-2-6-24(33)7-3-20/h2-16H,18-19H2,1H3,(H,35,37)/b23-14+. The van der Waals surface area contributed by atoms with Gasteiger partial charge in [-0.3, -0.25) is 14.9 Å². The predicted octanol–water partition coefficient (Wildman–Crippen LogP) is 7.72. The fourth-order valence-corrected chi connectivity index (χ4v) is 4.43. The monoisotopic (exact) mass is 647 g/mol. The highest BCUT2D eigenvalue weighted by Gasteiger charge is 2.15. The van der Waals surface area contributed by atoms with Gasteiger partial charge in [0, 0.05) is 22.8 Å². The number of nitrogens with one attached hydrogen (secondary N) is 1. The van der Waals surface area contributed by atoms with Gasteiger partial charge >= 0.3 is 0 Å². The van der Waals surface area contributed by atoms with Crippen molar-refractivity contribution in [1.82, 2.24) is 0 Å². The van der Waals surface area contributed by atoms with Gasteiger partial charge < -0.3 is 19.5 Å². The summed E-state index contributed by atoms with van der Waals surface area (Å²) in [5, 5.41) is 23.9. The minimum Gasteiger partial charge on any atom is -0.493 e. The lowest BCUT2D eigenvalue weighted by molar-refractivity contribution is -0.384. The molecule has 0 bridgehead atoms. The van der Waals surface area contributed by atoms with E-state index in [-0.39, 0.29) is 17.9 Å². The van der Waals surface area contributed by atoms with Crippen molar-refractivity contribution < 1.29 is 23.9 Å². The number of nitrogens with zero attached hydrogens (tertiary/aromatic N) is 2. The van der Waals surface area contributed by atoms with E-state index in [4.69, 9.17) is 25.8 Å². The van der Waals surface area contributed by atoms with E-state index in [9.17, 15) is 20.2 Å². The normalized spacial score (nSPS) is 10.9. The van der Waals surface area contributed by atoms with Gasteiger partial charge in [0.05, 0.1) is 16.5 Å². The second-order valence-electron chi connectivity index (χ2n) is 8.81. The van der Waals surface area contributed by atoms with Crippen LogP contribution in [-0.2, 0) is 18.0 Å². The van der Waals surface area contributed by atoms with E-state index >= 15 is 0 Å². The molecule has 0 aliphatic rings. The van der Waals surface area contributed by atoms with Crippen LogP contribution in [0.25, 0.3) is 6.08 Å². The zero-order valence-corrected chi connectivity index (χ0v) is 24.5. The zero-order chi connectivity index (χ0) is 30.1. The summed E-state index contributed by atoms with van der Waals surface area (Å²) in [5.41, 5.74) is 2.58. The molecule has 0 spiro atoms. The summed E-state index contributed by atoms with van der Waals surface area (Å²) in [4.78, 5) is 23.2. The first-order chi connectivity index (χ1) is 20.2. The van der Waals surface area contributed by atoms with Crippen molar-refractivity contribution in [2.75, 3.05) is 12.4 Å². The summed E-state index contributed by atoms with van der Waals surface area (Å²) in [6, 6.07) is 25.4. The molecule has 1 amide bonds. The Kier molecular flexibility index (Phi) is 10.2. The largest absolute Gasteiger partial charge is 0.493 e. The van der Waals surface area contributed by atoms with Crippen LogP contribution in [0.2, 0.25) is 5.02 Å². The Morgan fingerprint density at radius 3 is 2.21 bits per heavy atom. The van der Waals surface area contributed by atoms with Gasteiger partial charge in [-0.1, -0.05) is 23.7 Å². The lowest BCUT2D eigenvalue weighted by atomic mass is 10.1. The van der Waals surface area contributed by atoms with E-state index in [0.29, 0.717) is 44.6 Å². The van der Waals surface area contributed by atoms with Crippen LogP contribution in [0.5, 0.6) is 17.2 Å². The van der Waals surface area contributed by atoms with Crippen LogP contribution < -0.4 is 19.5 Å². The highest BCUT2D eigenvalue weighted by Crippen LogP contribution is 2.38. The van der Waals surface area contributed by atoms with Crippen LogP contribution in [-0.4, -0.2) is 17.9 Å². The van der Waals surface area contributed by atoms with E-state index in [1.54, 1.807) is 60.7 Å². The van der Waals surface area contributed by atoms with Crippen molar-refractivity contribution in [3.63, 3.8) is 0 Å². The molecule has 9 nitrogen and oxygen atoms in total. The summed E-state index contributed by atoms with van der Waals surface area (Å²) >= 11 is 9.37. The van der Waals surface area contributed by atoms with Gasteiger partial charge in [0.2, 0.25) is 0 Å². The third-order valence-corrected chi connectivity index (χ3v) is 6.73. The Bertz CT molecular complexity index is 1650. The van der Waals surface area contributed by atoms with E-state index < -0.39 is 10.8 Å². The first-order valence-corrected chi connectivity index (χ1v) is 13.6. The molecule has 212 valence electrons. The third kappa shape index (κ3) is 8.10. The fourth-order valence-electron chi connectivity index (χ4n) is 3.73. The summed E-state index contributed by atoms with van der Waals surface area (Å²) in [6.45, 7) is 0.503. The van der Waals surface area contributed by atoms with Crippen LogP contribution in [0.15, 0.2) is 95.0 Å². The summed E-state index contributed by atoms with van der Waals surface area (Å²) in [7, 11) is 1.47. The van der Waals surface area contributed by atoms with Crippen LogP contribution >= 0.6 is 27.5 Å². The number of nitriles is 1. The molecule has 0 fully saturated rings. The SMILES string of the molecule is COc1cc(/C=C(\C#N)C(=O)Nc2ccc(OCc3ccc(Cl)cc3)cc2)cc(Br)c1OCc1ccc([N+](=O)[O-])cc1. The molecule has 0 radical (unpaired) electrons. The molecule has 0 atom stereocenters. The third-order valence-electron chi connectivity index (χ3n) is 5.89. The van der Waals surface area contributed by atoms with Crippen LogP contribution in [0, 0.1) is 21.4 Å².